The van der Waals surface area contributed by atoms with Crippen LogP contribution in [0.4, 0.5) is 5.69 Å². The molecule has 0 bridgehead atoms. The Morgan fingerprint density at radius 2 is 1.80 bits per heavy atom. The average molecular weight is 358 g/mol. The first kappa shape index (κ1) is 17.8. The Kier molecular flexibility index (Phi) is 5.95. The molecule has 2 aromatic carbocycles. The molecule has 1 N–H and O–H groups in total. The van der Waals surface area contributed by atoms with Crippen molar-refractivity contribution in [3.63, 3.8) is 0 Å². The Morgan fingerprint density at radius 1 is 1.08 bits per heavy atom. The van der Waals surface area contributed by atoms with Gasteiger partial charge in [0.05, 0.1) is 12.6 Å². The van der Waals surface area contributed by atoms with Crippen LogP contribution in [0.5, 0.6) is 0 Å². The zero-order valence-corrected chi connectivity index (χ0v) is 15.2. The van der Waals surface area contributed by atoms with E-state index in [0.29, 0.717) is 11.6 Å². The van der Waals surface area contributed by atoms with Gasteiger partial charge in [0.2, 0.25) is 5.91 Å². The average Bonchev–Trinajstić information content (AvgIpc) is 2.63. The zero-order valence-electron chi connectivity index (χ0n) is 14.5. The third-order valence-electron chi connectivity index (χ3n) is 4.59. The summed E-state index contributed by atoms with van der Waals surface area (Å²) < 4.78 is 0. The molecule has 1 amide bonds. The highest BCUT2D eigenvalue weighted by Crippen LogP contribution is 2.18. The number of carbonyl (C=O) groups is 1. The number of benzene rings is 2. The van der Waals surface area contributed by atoms with Gasteiger partial charge < -0.3 is 10.2 Å². The van der Waals surface area contributed by atoms with E-state index in [4.69, 9.17) is 11.6 Å². The number of hydrogen-bond acceptors (Lipinski definition) is 3. The number of hydrogen-bond donors (Lipinski definition) is 1. The van der Waals surface area contributed by atoms with Crippen LogP contribution in [-0.4, -0.2) is 43.5 Å². The van der Waals surface area contributed by atoms with Crippen molar-refractivity contribution in [1.82, 2.24) is 10.2 Å². The molecule has 3 rings (SSSR count). The first-order valence-corrected chi connectivity index (χ1v) is 9.07. The maximum atomic E-state index is 12.3. The van der Waals surface area contributed by atoms with E-state index in [2.05, 4.69) is 39.4 Å². The number of amides is 1. The number of carbonyl (C=O) groups excluding carboxylic acids is 1. The number of anilines is 1. The molecule has 0 aromatic heterocycles. The third-order valence-corrected chi connectivity index (χ3v) is 4.82. The van der Waals surface area contributed by atoms with Crippen molar-refractivity contribution in [2.75, 3.05) is 37.6 Å². The number of nitrogens with zero attached hydrogens (tertiary/aromatic N) is 2. The van der Waals surface area contributed by atoms with Gasteiger partial charge >= 0.3 is 0 Å². The lowest BCUT2D eigenvalue weighted by Crippen LogP contribution is -2.49. The van der Waals surface area contributed by atoms with Gasteiger partial charge in [-0.15, -0.1) is 0 Å². The molecular formula is C20H24ClN3O. The molecule has 4 nitrogen and oxygen atoms in total. The summed E-state index contributed by atoms with van der Waals surface area (Å²) in [7, 11) is 0. The molecule has 2 aromatic rings. The highest BCUT2D eigenvalue weighted by molar-refractivity contribution is 6.30. The fourth-order valence-electron chi connectivity index (χ4n) is 3.15. The van der Waals surface area contributed by atoms with Crippen molar-refractivity contribution in [3.05, 3.63) is 65.2 Å². The van der Waals surface area contributed by atoms with Gasteiger partial charge in [0, 0.05) is 36.9 Å². The van der Waals surface area contributed by atoms with E-state index >= 15 is 0 Å². The Morgan fingerprint density at radius 3 is 2.48 bits per heavy atom. The smallest absolute Gasteiger partial charge is 0.234 e. The van der Waals surface area contributed by atoms with Gasteiger partial charge in [0.25, 0.3) is 0 Å². The van der Waals surface area contributed by atoms with Gasteiger partial charge in [-0.25, -0.2) is 0 Å². The SMILES string of the molecule is CC(NC(=O)CN1CCN(c2ccccc2)CC1)c1cccc(Cl)c1. The maximum absolute atomic E-state index is 12.3. The monoisotopic (exact) mass is 357 g/mol. The molecule has 1 fully saturated rings. The summed E-state index contributed by atoms with van der Waals surface area (Å²) in [5.74, 6) is 0.0561. The second kappa shape index (κ2) is 8.37. The largest absolute Gasteiger partial charge is 0.369 e. The van der Waals surface area contributed by atoms with Crippen LogP contribution in [0.1, 0.15) is 18.5 Å². The highest BCUT2D eigenvalue weighted by Gasteiger charge is 2.20. The molecule has 1 unspecified atom stereocenters. The van der Waals surface area contributed by atoms with E-state index in [0.717, 1.165) is 31.7 Å². The van der Waals surface area contributed by atoms with Crippen molar-refractivity contribution < 1.29 is 4.79 Å². The first-order chi connectivity index (χ1) is 12.1. The molecule has 0 spiro atoms. The first-order valence-electron chi connectivity index (χ1n) is 8.69. The van der Waals surface area contributed by atoms with E-state index in [1.807, 2.05) is 37.3 Å². The van der Waals surface area contributed by atoms with Crippen molar-refractivity contribution in [2.24, 2.45) is 0 Å². The minimum absolute atomic E-state index is 0.0446. The predicted octanol–water partition coefficient (Wildman–Crippen LogP) is 3.34. The summed E-state index contributed by atoms with van der Waals surface area (Å²) in [5, 5.41) is 3.75. The van der Waals surface area contributed by atoms with Crippen molar-refractivity contribution in [2.45, 2.75) is 13.0 Å². The topological polar surface area (TPSA) is 35.6 Å². The predicted molar refractivity (Wildman–Crippen MR) is 103 cm³/mol. The van der Waals surface area contributed by atoms with Crippen molar-refractivity contribution in [3.8, 4) is 0 Å². The molecule has 1 heterocycles. The fourth-order valence-corrected chi connectivity index (χ4v) is 3.35. The third kappa shape index (κ3) is 4.97. The Balaban J connectivity index is 1.46. The quantitative estimate of drug-likeness (QED) is 0.891. The van der Waals surface area contributed by atoms with E-state index in [1.165, 1.54) is 5.69 Å². The van der Waals surface area contributed by atoms with E-state index in [1.54, 1.807) is 0 Å². The number of piperazine rings is 1. The standard InChI is InChI=1S/C20H24ClN3O/c1-16(17-6-5-7-18(21)14-17)22-20(25)15-23-10-12-24(13-11-23)19-8-3-2-4-9-19/h2-9,14,16H,10-13,15H2,1H3,(H,22,25). The molecule has 0 aliphatic carbocycles. The fraction of sp³-hybridized carbons (Fsp3) is 0.350. The Hall–Kier alpha value is -2.04. The molecular weight excluding hydrogens is 334 g/mol. The number of para-hydroxylation sites is 1. The summed E-state index contributed by atoms with van der Waals surface area (Å²) in [5.41, 5.74) is 2.27. The van der Waals surface area contributed by atoms with Crippen LogP contribution in [0.3, 0.4) is 0 Å². The highest BCUT2D eigenvalue weighted by atomic mass is 35.5. The molecule has 1 saturated heterocycles. The van der Waals surface area contributed by atoms with Crippen LogP contribution >= 0.6 is 11.6 Å². The molecule has 1 aliphatic heterocycles. The van der Waals surface area contributed by atoms with Crippen LogP contribution in [-0.2, 0) is 4.79 Å². The number of halogens is 1. The van der Waals surface area contributed by atoms with Crippen LogP contribution in [0.15, 0.2) is 54.6 Å². The Bertz CT molecular complexity index is 699. The molecule has 1 aliphatic rings. The molecule has 0 saturated carbocycles. The molecule has 5 heteroatoms. The van der Waals surface area contributed by atoms with Gasteiger partial charge in [0.15, 0.2) is 0 Å². The minimum atomic E-state index is -0.0446. The van der Waals surface area contributed by atoms with Gasteiger partial charge in [-0.3, -0.25) is 9.69 Å². The number of rotatable bonds is 5. The lowest BCUT2D eigenvalue weighted by molar-refractivity contribution is -0.123. The van der Waals surface area contributed by atoms with Crippen molar-refractivity contribution in [1.29, 1.82) is 0 Å². The van der Waals surface area contributed by atoms with Crippen LogP contribution in [0.25, 0.3) is 0 Å². The normalized spacial score (nSPS) is 16.5. The lowest BCUT2D eigenvalue weighted by atomic mass is 10.1. The second-order valence-electron chi connectivity index (χ2n) is 6.44. The van der Waals surface area contributed by atoms with Gasteiger partial charge in [-0.2, -0.15) is 0 Å². The molecule has 1 atom stereocenters. The van der Waals surface area contributed by atoms with Gasteiger partial charge in [-0.05, 0) is 36.8 Å². The van der Waals surface area contributed by atoms with Crippen molar-refractivity contribution >= 4 is 23.2 Å². The van der Waals surface area contributed by atoms with Crippen LogP contribution in [0.2, 0.25) is 5.02 Å². The Labute approximate surface area is 154 Å². The van der Waals surface area contributed by atoms with Gasteiger partial charge in [-0.1, -0.05) is 41.9 Å². The molecule has 25 heavy (non-hydrogen) atoms. The van der Waals surface area contributed by atoms with E-state index < -0.39 is 0 Å². The number of nitrogens with one attached hydrogen (secondary N) is 1. The zero-order chi connectivity index (χ0) is 17.6. The second-order valence-corrected chi connectivity index (χ2v) is 6.88. The van der Waals surface area contributed by atoms with Crippen LogP contribution in [0, 0.1) is 0 Å². The molecule has 132 valence electrons. The van der Waals surface area contributed by atoms with Crippen LogP contribution < -0.4 is 10.2 Å². The summed E-state index contributed by atoms with van der Waals surface area (Å²) in [6.45, 7) is 6.11. The van der Waals surface area contributed by atoms with Gasteiger partial charge in [0.1, 0.15) is 0 Å². The minimum Gasteiger partial charge on any atom is -0.369 e. The summed E-state index contributed by atoms with van der Waals surface area (Å²) >= 11 is 6.02. The maximum Gasteiger partial charge on any atom is 0.234 e. The lowest BCUT2D eigenvalue weighted by Gasteiger charge is -2.35. The summed E-state index contributed by atoms with van der Waals surface area (Å²) in [4.78, 5) is 16.9. The van der Waals surface area contributed by atoms with E-state index in [-0.39, 0.29) is 11.9 Å². The van der Waals surface area contributed by atoms with E-state index in [9.17, 15) is 4.79 Å². The molecule has 0 radical (unpaired) electrons. The summed E-state index contributed by atoms with van der Waals surface area (Å²) in [6, 6.07) is 18.0. The summed E-state index contributed by atoms with van der Waals surface area (Å²) in [6.07, 6.45) is 0.